The maximum atomic E-state index is 13.4. The Bertz CT molecular complexity index is 1730. The van der Waals surface area contributed by atoms with Crippen molar-refractivity contribution < 1.29 is 89.4 Å². The van der Waals surface area contributed by atoms with Crippen LogP contribution in [-0.2, 0) is 18.9 Å². The van der Waals surface area contributed by atoms with Crippen molar-refractivity contribution >= 4 is 11.0 Å². The molecule has 0 bridgehead atoms. The van der Waals surface area contributed by atoms with E-state index in [1.165, 1.54) is 24.3 Å². The van der Waals surface area contributed by atoms with E-state index in [0.717, 1.165) is 12.1 Å². The summed E-state index contributed by atoms with van der Waals surface area (Å²) in [6, 6.07) is 7.72. The highest BCUT2D eigenvalue weighted by Gasteiger charge is 2.51. The van der Waals surface area contributed by atoms with Crippen molar-refractivity contribution in [1.82, 2.24) is 0 Å². The van der Waals surface area contributed by atoms with Crippen molar-refractivity contribution in [2.45, 2.75) is 85.8 Å². The number of aliphatic hydroxyl groups excluding tert-OH is 10. The molecule has 1 aromatic heterocycles. The molecular weight excluding hydrogens is 688 g/mol. The lowest BCUT2D eigenvalue weighted by Crippen LogP contribution is -2.60. The van der Waals surface area contributed by atoms with Crippen molar-refractivity contribution in [1.29, 1.82) is 0 Å². The molecule has 0 aliphatic carbocycles. The molecule has 3 saturated heterocycles. The molecule has 2 aromatic carbocycles. The fourth-order valence-electron chi connectivity index (χ4n) is 6.25. The van der Waals surface area contributed by atoms with E-state index in [1.54, 1.807) is 0 Å². The molecule has 0 amide bonds. The minimum atomic E-state index is -1.90. The Hall–Kier alpha value is -3.51. The molecule has 12 N–H and O–H groups in total. The maximum Gasteiger partial charge on any atom is 0.229 e. The van der Waals surface area contributed by atoms with E-state index >= 15 is 0 Å². The predicted octanol–water partition coefficient (Wildman–Crippen LogP) is -3.97. The third-order valence-electron chi connectivity index (χ3n) is 9.15. The fraction of sp³-hybridized carbons (Fsp3) is 0.531. The number of phenolic OH excluding ortho intramolecular Hbond substituents is 2. The first kappa shape index (κ1) is 37.3. The molecule has 280 valence electrons. The van der Waals surface area contributed by atoms with Crippen molar-refractivity contribution in [3.05, 3.63) is 52.2 Å². The Balaban J connectivity index is 1.29. The van der Waals surface area contributed by atoms with Gasteiger partial charge in [-0.25, -0.2) is 0 Å². The van der Waals surface area contributed by atoms with Crippen molar-refractivity contribution in [3.63, 3.8) is 0 Å². The summed E-state index contributed by atoms with van der Waals surface area (Å²) < 4.78 is 33.4. The van der Waals surface area contributed by atoms with Crippen LogP contribution in [0.25, 0.3) is 22.3 Å². The van der Waals surface area contributed by atoms with Gasteiger partial charge in [0.1, 0.15) is 107 Å². The summed E-state index contributed by atoms with van der Waals surface area (Å²) in [4.78, 5) is 13.4. The summed E-state index contributed by atoms with van der Waals surface area (Å²) in [5.41, 5.74) is -1.31. The second-order valence-corrected chi connectivity index (χ2v) is 12.5. The van der Waals surface area contributed by atoms with Crippen LogP contribution in [0.1, 0.15) is 11.7 Å². The molecule has 3 aliphatic rings. The first-order valence-corrected chi connectivity index (χ1v) is 15.8. The standard InChI is InChI=1S/C32H38O19/c33-7-17-23(40)26(43)30(51-31-27(44)21(38)14(37)9-46-31)29(49-17)20-13(36)6-16-19(24(20)41)12(35)5-15(48-16)10-1-3-11(4-2-10)47-32-28(45)25(42)22(39)18(8-34)50-32/h1-6,14,17-18,21-23,25-34,36-45H,7-9H2/t14-,17+,18+,21-,22+,23+,25-,26?,27+,28+,29?,30+,31-,32+/m0/s1. The molecule has 3 fully saturated rings. The van der Waals surface area contributed by atoms with Crippen molar-refractivity contribution in [2.24, 2.45) is 0 Å². The molecule has 51 heavy (non-hydrogen) atoms. The van der Waals surface area contributed by atoms with E-state index in [1.807, 2.05) is 0 Å². The van der Waals surface area contributed by atoms with Gasteiger partial charge in [-0.3, -0.25) is 4.79 Å². The number of hydrogen-bond donors (Lipinski definition) is 12. The molecule has 0 spiro atoms. The van der Waals surface area contributed by atoms with E-state index in [0.29, 0.717) is 5.56 Å². The highest BCUT2D eigenvalue weighted by atomic mass is 16.7. The zero-order valence-corrected chi connectivity index (χ0v) is 26.4. The number of rotatable bonds is 8. The lowest BCUT2D eigenvalue weighted by atomic mass is 9.89. The van der Waals surface area contributed by atoms with Crippen LogP contribution in [0, 0.1) is 0 Å². The smallest absolute Gasteiger partial charge is 0.229 e. The van der Waals surface area contributed by atoms with Crippen LogP contribution >= 0.6 is 0 Å². The average molecular weight is 727 g/mol. The quantitative estimate of drug-likeness (QED) is 0.105. The Labute approximate surface area is 286 Å². The van der Waals surface area contributed by atoms with Gasteiger partial charge >= 0.3 is 0 Å². The van der Waals surface area contributed by atoms with Gasteiger partial charge in [0.05, 0.1) is 25.4 Å². The molecule has 3 aromatic rings. The normalized spacial score (nSPS) is 37.4. The zero-order chi connectivity index (χ0) is 36.9. The minimum Gasteiger partial charge on any atom is -0.507 e. The summed E-state index contributed by atoms with van der Waals surface area (Å²) in [5.74, 6) is -1.51. The lowest BCUT2D eigenvalue weighted by molar-refractivity contribution is -0.325. The monoisotopic (exact) mass is 726 g/mol. The van der Waals surface area contributed by atoms with Crippen molar-refractivity contribution in [3.8, 4) is 28.6 Å². The molecule has 0 saturated carbocycles. The molecule has 6 rings (SSSR count). The summed E-state index contributed by atoms with van der Waals surface area (Å²) in [6.07, 6.45) is -22.9. The highest BCUT2D eigenvalue weighted by Crippen LogP contribution is 2.46. The summed E-state index contributed by atoms with van der Waals surface area (Å²) >= 11 is 0. The van der Waals surface area contributed by atoms with Crippen LogP contribution in [0.2, 0.25) is 0 Å². The Kier molecular flexibility index (Phi) is 10.8. The molecule has 19 heteroatoms. The minimum absolute atomic E-state index is 0.0309. The number of hydrogen-bond acceptors (Lipinski definition) is 19. The fourth-order valence-corrected chi connectivity index (χ4v) is 6.25. The summed E-state index contributed by atoms with van der Waals surface area (Å²) in [6.45, 7) is -1.96. The van der Waals surface area contributed by atoms with Gasteiger partial charge in [-0.05, 0) is 24.3 Å². The van der Waals surface area contributed by atoms with Gasteiger partial charge in [-0.15, -0.1) is 0 Å². The summed E-state index contributed by atoms with van der Waals surface area (Å²) in [7, 11) is 0. The molecule has 4 heterocycles. The Morgan fingerprint density at radius 2 is 1.35 bits per heavy atom. The Morgan fingerprint density at radius 1 is 0.725 bits per heavy atom. The van der Waals surface area contributed by atoms with Gasteiger partial charge < -0.3 is 89.4 Å². The lowest BCUT2D eigenvalue weighted by Gasteiger charge is -2.45. The first-order valence-electron chi connectivity index (χ1n) is 15.8. The topological polar surface area (TPSA) is 319 Å². The zero-order valence-electron chi connectivity index (χ0n) is 26.4. The van der Waals surface area contributed by atoms with E-state index in [-0.39, 0.29) is 17.1 Å². The SMILES string of the molecule is O=c1cc(-c2ccc(O[C@@H]3O[C@H](CO)[C@@H](O)[C@H](O)[C@H]3O)cc2)oc2cc(O)c(C3O[C@H](CO)[C@@H](O)C(O)[C@H]3O[C@@H]3OC[C@H](O)[C@H](O)[C@H]3O)c(O)c12. The Morgan fingerprint density at radius 3 is 2.02 bits per heavy atom. The van der Waals surface area contributed by atoms with Crippen LogP contribution in [0.4, 0.5) is 0 Å². The average Bonchev–Trinajstić information content (AvgIpc) is 3.11. The van der Waals surface area contributed by atoms with Gasteiger partial charge in [0.2, 0.25) is 6.29 Å². The second-order valence-electron chi connectivity index (χ2n) is 12.5. The molecule has 0 radical (unpaired) electrons. The first-order chi connectivity index (χ1) is 24.2. The van der Waals surface area contributed by atoms with Crippen LogP contribution < -0.4 is 10.2 Å². The molecule has 3 aliphatic heterocycles. The van der Waals surface area contributed by atoms with E-state index in [4.69, 9.17) is 28.1 Å². The van der Waals surface area contributed by atoms with E-state index in [2.05, 4.69) is 0 Å². The number of phenols is 2. The third-order valence-corrected chi connectivity index (χ3v) is 9.15. The second kappa shape index (κ2) is 14.8. The van der Waals surface area contributed by atoms with Gasteiger partial charge in [0.15, 0.2) is 11.7 Å². The molecule has 14 atom stereocenters. The van der Waals surface area contributed by atoms with Gasteiger partial charge in [0.25, 0.3) is 0 Å². The maximum absolute atomic E-state index is 13.4. The largest absolute Gasteiger partial charge is 0.507 e. The number of fused-ring (bicyclic) bond motifs is 1. The van der Waals surface area contributed by atoms with Crippen molar-refractivity contribution in [2.75, 3.05) is 19.8 Å². The van der Waals surface area contributed by atoms with Crippen LogP contribution in [0.3, 0.4) is 0 Å². The van der Waals surface area contributed by atoms with Gasteiger partial charge in [-0.1, -0.05) is 0 Å². The van der Waals surface area contributed by atoms with Crippen LogP contribution in [0.15, 0.2) is 45.6 Å². The predicted molar refractivity (Wildman–Crippen MR) is 165 cm³/mol. The number of aliphatic hydroxyl groups is 10. The highest BCUT2D eigenvalue weighted by molar-refractivity contribution is 5.88. The van der Waals surface area contributed by atoms with E-state index < -0.39 is 134 Å². The van der Waals surface area contributed by atoms with Crippen LogP contribution in [-0.4, -0.2) is 161 Å². The van der Waals surface area contributed by atoms with Gasteiger partial charge in [0, 0.05) is 17.7 Å². The van der Waals surface area contributed by atoms with Gasteiger partial charge in [-0.2, -0.15) is 0 Å². The van der Waals surface area contributed by atoms with E-state index in [9.17, 15) is 66.1 Å². The number of aromatic hydroxyl groups is 2. The molecule has 19 nitrogen and oxygen atoms in total. The molecular formula is C32H38O19. The van der Waals surface area contributed by atoms with Crippen LogP contribution in [0.5, 0.6) is 17.2 Å². The summed E-state index contributed by atoms with van der Waals surface area (Å²) in [5, 5.41) is 123. The molecule has 2 unspecified atom stereocenters. The number of ether oxygens (including phenoxy) is 5. The number of benzene rings is 2. The third kappa shape index (κ3) is 6.90.